The van der Waals surface area contributed by atoms with E-state index in [4.69, 9.17) is 19.8 Å². The molecule has 6 rings (SSSR count). The number of ether oxygens (including phenoxy) is 1. The number of piperidine rings is 1. The first-order valence-electron chi connectivity index (χ1n) is 12.5. The van der Waals surface area contributed by atoms with Crippen LogP contribution in [0.2, 0.25) is 0 Å². The van der Waals surface area contributed by atoms with Gasteiger partial charge < -0.3 is 19.9 Å². The van der Waals surface area contributed by atoms with Gasteiger partial charge in [0, 0.05) is 24.7 Å². The number of para-hydroxylation sites is 1. The third kappa shape index (κ3) is 4.01. The summed E-state index contributed by atoms with van der Waals surface area (Å²) in [6, 6.07) is 6.36. The van der Waals surface area contributed by atoms with Gasteiger partial charge in [-0.05, 0) is 51.8 Å². The van der Waals surface area contributed by atoms with Crippen LogP contribution in [-0.4, -0.2) is 55.5 Å². The van der Waals surface area contributed by atoms with E-state index < -0.39 is 5.97 Å². The lowest BCUT2D eigenvalue weighted by atomic mass is 10.0. The highest BCUT2D eigenvalue weighted by molar-refractivity contribution is 5.96. The maximum atomic E-state index is 12.9. The van der Waals surface area contributed by atoms with E-state index in [1.807, 2.05) is 47.6 Å². The molecule has 0 amide bonds. The maximum Gasteiger partial charge on any atom is 0.360 e. The molecule has 0 bridgehead atoms. The number of nitrogens with one attached hydrogen (secondary N) is 2. The summed E-state index contributed by atoms with van der Waals surface area (Å²) >= 11 is 0. The second-order valence-corrected chi connectivity index (χ2v) is 9.66. The van der Waals surface area contributed by atoms with E-state index >= 15 is 0 Å². The molecule has 4 aromatic rings. The van der Waals surface area contributed by atoms with E-state index in [1.54, 1.807) is 6.33 Å². The number of aryl methyl sites for hydroxylation is 2. The summed E-state index contributed by atoms with van der Waals surface area (Å²) in [7, 11) is 3.33. The summed E-state index contributed by atoms with van der Waals surface area (Å²) < 4.78 is 9.12. The van der Waals surface area contributed by atoms with Gasteiger partial charge in [-0.1, -0.05) is 12.1 Å². The number of fused-ring (bicyclic) bond motifs is 1. The molecular formula is C26H30N8O2. The van der Waals surface area contributed by atoms with E-state index in [-0.39, 0.29) is 5.69 Å². The monoisotopic (exact) mass is 486 g/mol. The fraction of sp³-hybridized carbons (Fsp3) is 0.423. The van der Waals surface area contributed by atoms with Crippen LogP contribution in [0.5, 0.6) is 0 Å². The Kier molecular flexibility index (Phi) is 5.67. The smallest absolute Gasteiger partial charge is 0.360 e. The molecule has 2 fully saturated rings. The van der Waals surface area contributed by atoms with Crippen LogP contribution >= 0.6 is 0 Å². The van der Waals surface area contributed by atoms with E-state index in [2.05, 4.69) is 15.6 Å². The Morgan fingerprint density at radius 3 is 2.72 bits per heavy atom. The molecular weight excluding hydrogens is 456 g/mol. The van der Waals surface area contributed by atoms with Gasteiger partial charge in [0.25, 0.3) is 0 Å². The molecule has 186 valence electrons. The number of carbonyl (C=O) groups is 1. The van der Waals surface area contributed by atoms with Crippen LogP contribution < -0.4 is 10.6 Å². The highest BCUT2D eigenvalue weighted by atomic mass is 16.5. The number of carbonyl (C=O) groups excluding carboxylic acids is 1. The zero-order valence-corrected chi connectivity index (χ0v) is 20.8. The van der Waals surface area contributed by atoms with Crippen molar-refractivity contribution in [2.45, 2.75) is 44.6 Å². The number of imidazole rings is 1. The molecule has 36 heavy (non-hydrogen) atoms. The molecule has 1 saturated heterocycles. The number of methoxy groups -OCH3 is 1. The van der Waals surface area contributed by atoms with Crippen LogP contribution in [0.15, 0.2) is 30.7 Å². The third-order valence-electron chi connectivity index (χ3n) is 7.13. The number of benzene rings is 1. The Labute approximate surface area is 209 Å². The summed E-state index contributed by atoms with van der Waals surface area (Å²) in [5.41, 5.74) is 6.09. The predicted molar refractivity (Wildman–Crippen MR) is 136 cm³/mol. The Bertz CT molecular complexity index is 1450. The number of aromatic nitrogens is 6. The molecule has 0 radical (unpaired) electrons. The number of esters is 1. The first-order chi connectivity index (χ1) is 17.5. The Morgan fingerprint density at radius 2 is 1.97 bits per heavy atom. The molecule has 2 N–H and O–H groups in total. The summed E-state index contributed by atoms with van der Waals surface area (Å²) in [5, 5.41) is 11.5. The predicted octanol–water partition coefficient (Wildman–Crippen LogP) is 3.87. The van der Waals surface area contributed by atoms with E-state index in [0.717, 1.165) is 72.4 Å². The fourth-order valence-corrected chi connectivity index (χ4v) is 4.95. The van der Waals surface area contributed by atoms with Gasteiger partial charge in [-0.3, -0.25) is 4.68 Å². The summed E-state index contributed by atoms with van der Waals surface area (Å²) in [6.45, 7) is 3.93. The highest BCUT2D eigenvalue weighted by Crippen LogP contribution is 2.44. The minimum absolute atomic E-state index is 0.152. The Balaban J connectivity index is 1.45. The topological polar surface area (TPSA) is 112 Å². The van der Waals surface area contributed by atoms with E-state index in [0.29, 0.717) is 23.5 Å². The van der Waals surface area contributed by atoms with Crippen molar-refractivity contribution in [2.24, 2.45) is 7.05 Å². The molecule has 1 aliphatic carbocycles. The lowest BCUT2D eigenvalue weighted by Crippen LogP contribution is -2.29. The first kappa shape index (κ1) is 22.7. The van der Waals surface area contributed by atoms with Gasteiger partial charge in [-0.15, -0.1) is 0 Å². The van der Waals surface area contributed by atoms with Crippen molar-refractivity contribution in [3.63, 3.8) is 0 Å². The van der Waals surface area contributed by atoms with Crippen molar-refractivity contribution in [2.75, 3.05) is 25.5 Å². The van der Waals surface area contributed by atoms with Gasteiger partial charge in [-0.25, -0.2) is 19.7 Å². The number of nitrogens with zero attached hydrogens (tertiary/aromatic N) is 6. The number of hydrogen-bond donors (Lipinski definition) is 2. The second kappa shape index (κ2) is 9.02. The van der Waals surface area contributed by atoms with Crippen LogP contribution in [0.1, 0.15) is 59.5 Å². The van der Waals surface area contributed by atoms with Crippen molar-refractivity contribution in [1.82, 2.24) is 34.6 Å². The molecule has 1 saturated carbocycles. The lowest BCUT2D eigenvalue weighted by Gasteiger charge is -2.22. The molecule has 0 unspecified atom stereocenters. The number of hydrogen-bond acceptors (Lipinski definition) is 8. The van der Waals surface area contributed by atoms with Crippen LogP contribution in [0.4, 0.5) is 11.5 Å². The normalized spacial score (nSPS) is 16.4. The zero-order chi connectivity index (χ0) is 24.8. The van der Waals surface area contributed by atoms with Crippen LogP contribution in [0.3, 0.4) is 0 Å². The van der Waals surface area contributed by atoms with Crippen LogP contribution in [0.25, 0.3) is 22.3 Å². The SMILES string of the molecule is COC(=O)c1nc(-c2cccc3c2ncn3C)c(C2CC2)nc1Nc1cn(C2CCNCC2)nc1C. The molecule has 2 aliphatic rings. The number of anilines is 2. The van der Waals surface area contributed by atoms with Gasteiger partial charge >= 0.3 is 5.97 Å². The van der Waals surface area contributed by atoms with Gasteiger partial charge in [0.05, 0.1) is 53.3 Å². The Hall–Kier alpha value is -3.79. The van der Waals surface area contributed by atoms with Gasteiger partial charge in [0.1, 0.15) is 0 Å². The standard InChI is InChI=1S/C26H30N8O2/c1-15-19(13-34(32-15)17-9-11-27-12-10-17)29-25-24(26(35)36-3)30-23(21(31-25)16-7-8-16)18-5-4-6-20-22(18)28-14-33(20)2/h4-6,13-14,16-17,27H,7-12H2,1-3H3,(H,29,31). The molecule has 0 spiro atoms. The average molecular weight is 487 g/mol. The Morgan fingerprint density at radius 1 is 1.17 bits per heavy atom. The van der Waals surface area contributed by atoms with Gasteiger partial charge in [0.2, 0.25) is 0 Å². The quantitative estimate of drug-likeness (QED) is 0.395. The average Bonchev–Trinajstić information content (AvgIpc) is 3.60. The van der Waals surface area contributed by atoms with Gasteiger partial charge in [-0.2, -0.15) is 5.10 Å². The minimum atomic E-state index is -0.537. The lowest BCUT2D eigenvalue weighted by molar-refractivity contribution is 0.0595. The molecule has 0 atom stereocenters. The summed E-state index contributed by atoms with van der Waals surface area (Å²) in [4.78, 5) is 27.4. The van der Waals surface area contributed by atoms with Crippen molar-refractivity contribution < 1.29 is 9.53 Å². The largest absolute Gasteiger partial charge is 0.464 e. The van der Waals surface area contributed by atoms with Gasteiger partial charge in [0.15, 0.2) is 11.5 Å². The fourth-order valence-electron chi connectivity index (χ4n) is 4.95. The first-order valence-corrected chi connectivity index (χ1v) is 12.5. The van der Waals surface area contributed by atoms with Crippen molar-refractivity contribution in [1.29, 1.82) is 0 Å². The third-order valence-corrected chi connectivity index (χ3v) is 7.13. The molecule has 1 aromatic carbocycles. The van der Waals surface area contributed by atoms with E-state index in [9.17, 15) is 4.79 Å². The van der Waals surface area contributed by atoms with E-state index in [1.165, 1.54) is 7.11 Å². The van der Waals surface area contributed by atoms with Crippen LogP contribution in [0, 0.1) is 6.92 Å². The highest BCUT2D eigenvalue weighted by Gasteiger charge is 2.33. The molecule has 4 heterocycles. The zero-order valence-electron chi connectivity index (χ0n) is 20.8. The van der Waals surface area contributed by atoms with Crippen LogP contribution in [-0.2, 0) is 11.8 Å². The second-order valence-electron chi connectivity index (χ2n) is 9.66. The summed E-state index contributed by atoms with van der Waals surface area (Å²) in [5.74, 6) is 0.163. The molecule has 10 nitrogen and oxygen atoms in total. The van der Waals surface area contributed by atoms with Crippen molar-refractivity contribution >= 4 is 28.5 Å². The minimum Gasteiger partial charge on any atom is -0.464 e. The van der Waals surface area contributed by atoms with Crippen molar-refractivity contribution in [3.05, 3.63) is 47.8 Å². The molecule has 3 aromatic heterocycles. The van der Waals surface area contributed by atoms with Crippen molar-refractivity contribution in [3.8, 4) is 11.3 Å². The molecule has 1 aliphatic heterocycles. The maximum absolute atomic E-state index is 12.9. The number of rotatable bonds is 6. The summed E-state index contributed by atoms with van der Waals surface area (Å²) in [6.07, 6.45) is 7.96. The molecule has 10 heteroatoms.